The summed E-state index contributed by atoms with van der Waals surface area (Å²) in [5.74, 6) is -0.259. The number of H-pyrrole nitrogens is 2. The van der Waals surface area contributed by atoms with Crippen molar-refractivity contribution in [2.75, 3.05) is 17.3 Å². The van der Waals surface area contributed by atoms with E-state index in [1.54, 1.807) is 24.7 Å². The molecule has 0 radical (unpaired) electrons. The van der Waals surface area contributed by atoms with E-state index in [1.165, 1.54) is 12.1 Å². The molecule has 0 saturated heterocycles. The van der Waals surface area contributed by atoms with Gasteiger partial charge in [0.1, 0.15) is 21.3 Å². The van der Waals surface area contributed by atoms with Crippen LogP contribution >= 0.6 is 0 Å². The van der Waals surface area contributed by atoms with Crippen LogP contribution in [0.5, 0.6) is 0 Å². The molecule has 4 heterocycles. The lowest BCUT2D eigenvalue weighted by atomic mass is 10.0. The quantitative estimate of drug-likeness (QED) is 0.208. The topological polar surface area (TPSA) is 146 Å². The lowest BCUT2D eigenvalue weighted by Gasteiger charge is -2.09. The van der Waals surface area contributed by atoms with Crippen molar-refractivity contribution >= 4 is 43.5 Å². The zero-order chi connectivity index (χ0) is 30.3. The van der Waals surface area contributed by atoms with Gasteiger partial charge in [0.25, 0.3) is 0 Å². The first-order valence-corrected chi connectivity index (χ1v) is 15.7. The minimum atomic E-state index is -3.19. The molecule has 0 fully saturated rings. The van der Waals surface area contributed by atoms with Crippen LogP contribution in [0.2, 0.25) is 0 Å². The molecule has 0 aliphatic rings. The zero-order valence-corrected chi connectivity index (χ0v) is 24.5. The lowest BCUT2D eigenvalue weighted by Crippen LogP contribution is -2.17. The van der Waals surface area contributed by atoms with Gasteiger partial charge in [0.05, 0.1) is 34.1 Å². The minimum Gasteiger partial charge on any atom is -0.337 e. The van der Waals surface area contributed by atoms with E-state index in [0.717, 1.165) is 28.3 Å². The summed E-state index contributed by atoms with van der Waals surface area (Å²) in [5, 5.41) is 11.0. The Bertz CT molecular complexity index is 2120. The van der Waals surface area contributed by atoms with Gasteiger partial charge in [0.2, 0.25) is 5.91 Å². The van der Waals surface area contributed by atoms with Crippen LogP contribution in [-0.2, 0) is 21.1 Å². The Morgan fingerprint density at radius 1 is 1.02 bits per heavy atom. The molecule has 6 aromatic rings. The maximum Gasteiger partial charge on any atom is 0.226 e. The highest BCUT2D eigenvalue weighted by Crippen LogP contribution is 2.33. The predicted octanol–water partition coefficient (Wildman–Crippen LogP) is 5.55. The van der Waals surface area contributed by atoms with Gasteiger partial charge in [-0.3, -0.25) is 14.9 Å². The van der Waals surface area contributed by atoms with Crippen molar-refractivity contribution in [2.24, 2.45) is 5.92 Å². The normalized spacial score (nSPS) is 11.9. The number of aryl methyl sites for hydroxylation is 1. The van der Waals surface area contributed by atoms with Crippen LogP contribution in [0, 0.1) is 11.7 Å². The number of hydrogen-bond acceptors (Lipinski definition) is 7. The van der Waals surface area contributed by atoms with Gasteiger partial charge in [-0.15, -0.1) is 0 Å². The number of aromatic nitrogens is 6. The molecule has 1 amide bonds. The Hall–Kier alpha value is -4.97. The van der Waals surface area contributed by atoms with Crippen molar-refractivity contribution in [3.05, 3.63) is 78.5 Å². The number of benzene rings is 2. The molecule has 4 aromatic heterocycles. The fourth-order valence-corrected chi connectivity index (χ4v) is 5.43. The SMILES string of the molecule is CC(C)C(=O)Nc1cncc(-c2cnc3n[nH]c(-c4nc5c(-c6cc(F)cc(CCS(C)(=O)=O)c6)cccc5[nH]4)c3c2)c1. The fraction of sp³-hybridized carbons (Fsp3) is 0.194. The molecule has 0 aliphatic heterocycles. The molecule has 6 rings (SSSR count). The molecule has 0 saturated carbocycles. The Labute approximate surface area is 246 Å². The Morgan fingerprint density at radius 3 is 2.63 bits per heavy atom. The van der Waals surface area contributed by atoms with Crippen molar-refractivity contribution in [3.8, 4) is 33.8 Å². The molecule has 3 N–H and O–H groups in total. The number of para-hydroxylation sites is 1. The minimum absolute atomic E-state index is 0.0670. The third-order valence-corrected chi connectivity index (χ3v) is 8.00. The summed E-state index contributed by atoms with van der Waals surface area (Å²) >= 11 is 0. The number of hydrogen-bond donors (Lipinski definition) is 3. The number of nitrogens with one attached hydrogen (secondary N) is 3. The van der Waals surface area contributed by atoms with Crippen LogP contribution in [0.25, 0.3) is 55.8 Å². The van der Waals surface area contributed by atoms with Gasteiger partial charge in [-0.25, -0.2) is 22.8 Å². The molecule has 0 bridgehead atoms. The third-order valence-electron chi connectivity index (χ3n) is 7.05. The second-order valence-electron chi connectivity index (χ2n) is 10.8. The molecule has 43 heavy (non-hydrogen) atoms. The monoisotopic (exact) mass is 597 g/mol. The van der Waals surface area contributed by atoms with Crippen molar-refractivity contribution in [3.63, 3.8) is 0 Å². The van der Waals surface area contributed by atoms with Gasteiger partial charge >= 0.3 is 0 Å². The van der Waals surface area contributed by atoms with Gasteiger partial charge in [0.15, 0.2) is 11.5 Å². The van der Waals surface area contributed by atoms with Crippen LogP contribution < -0.4 is 5.32 Å². The summed E-state index contributed by atoms with van der Waals surface area (Å²) < 4.78 is 37.9. The molecule has 2 aromatic carbocycles. The first-order valence-electron chi connectivity index (χ1n) is 13.6. The number of carbonyl (C=O) groups is 1. The third kappa shape index (κ3) is 6.00. The number of nitrogens with zero attached hydrogens (tertiary/aromatic N) is 4. The van der Waals surface area contributed by atoms with Crippen LogP contribution in [-0.4, -0.2) is 56.5 Å². The summed E-state index contributed by atoms with van der Waals surface area (Å²) in [5.41, 5.74) is 6.51. The number of pyridine rings is 2. The summed E-state index contributed by atoms with van der Waals surface area (Å²) in [6, 6.07) is 13.9. The highest BCUT2D eigenvalue weighted by Gasteiger charge is 2.17. The first kappa shape index (κ1) is 28.2. The number of sulfone groups is 1. The molecule has 0 atom stereocenters. The van der Waals surface area contributed by atoms with Gasteiger partial charge < -0.3 is 10.3 Å². The Kier molecular flexibility index (Phi) is 7.22. The van der Waals surface area contributed by atoms with E-state index in [0.29, 0.717) is 45.1 Å². The molecule has 0 unspecified atom stereocenters. The second-order valence-corrected chi connectivity index (χ2v) is 13.1. The largest absolute Gasteiger partial charge is 0.337 e. The van der Waals surface area contributed by atoms with Crippen molar-refractivity contribution in [1.29, 1.82) is 0 Å². The van der Waals surface area contributed by atoms with Crippen molar-refractivity contribution in [1.82, 2.24) is 30.1 Å². The van der Waals surface area contributed by atoms with Gasteiger partial charge in [-0.2, -0.15) is 5.10 Å². The molecule has 0 aliphatic carbocycles. The fourth-order valence-electron chi connectivity index (χ4n) is 4.83. The molecule has 12 heteroatoms. The smallest absolute Gasteiger partial charge is 0.226 e. The lowest BCUT2D eigenvalue weighted by molar-refractivity contribution is -0.118. The second kappa shape index (κ2) is 11.0. The average molecular weight is 598 g/mol. The maximum absolute atomic E-state index is 14.6. The number of amides is 1. The summed E-state index contributed by atoms with van der Waals surface area (Å²) in [6.45, 7) is 3.65. The molecule has 0 spiro atoms. The van der Waals surface area contributed by atoms with E-state index in [2.05, 4.69) is 30.5 Å². The van der Waals surface area contributed by atoms with Crippen LogP contribution in [0.1, 0.15) is 19.4 Å². The molecule has 218 valence electrons. The van der Waals surface area contributed by atoms with E-state index in [1.807, 2.05) is 44.2 Å². The van der Waals surface area contributed by atoms with Crippen LogP contribution in [0.4, 0.5) is 10.1 Å². The number of imidazole rings is 1. The number of rotatable bonds is 8. The maximum atomic E-state index is 14.6. The van der Waals surface area contributed by atoms with Gasteiger partial charge in [0, 0.05) is 41.3 Å². The van der Waals surface area contributed by atoms with Crippen LogP contribution in [0.15, 0.2) is 67.1 Å². The van der Waals surface area contributed by atoms with E-state index >= 15 is 0 Å². The Balaban J connectivity index is 1.38. The van der Waals surface area contributed by atoms with Gasteiger partial charge in [-0.1, -0.05) is 32.0 Å². The number of aromatic amines is 2. The zero-order valence-electron chi connectivity index (χ0n) is 23.6. The Morgan fingerprint density at radius 2 is 1.84 bits per heavy atom. The number of halogens is 1. The number of anilines is 1. The average Bonchev–Trinajstić information content (AvgIpc) is 3.59. The highest BCUT2D eigenvalue weighted by molar-refractivity contribution is 7.90. The van der Waals surface area contributed by atoms with E-state index in [-0.39, 0.29) is 24.0 Å². The van der Waals surface area contributed by atoms with Crippen molar-refractivity contribution < 1.29 is 17.6 Å². The first-order chi connectivity index (χ1) is 20.5. The molecule has 10 nitrogen and oxygen atoms in total. The standard InChI is InChI=1S/C31H28FN7O3S/c1-17(2)31(40)35-23-12-20(14-33-16-23)21-13-25-28(38-39-29(25)34-15-21)30-36-26-6-4-5-24(27(26)37-30)19-9-18(10-22(32)11-19)7-8-43(3,41)42/h4-6,9-17H,7-8H2,1-3H3,(H,35,40)(H,36,37)(H,34,38,39). The molecular weight excluding hydrogens is 569 g/mol. The summed E-state index contributed by atoms with van der Waals surface area (Å²) in [7, 11) is -3.19. The highest BCUT2D eigenvalue weighted by atomic mass is 32.2. The van der Waals surface area contributed by atoms with E-state index in [4.69, 9.17) is 4.98 Å². The number of fused-ring (bicyclic) bond motifs is 2. The van der Waals surface area contributed by atoms with E-state index < -0.39 is 15.7 Å². The van der Waals surface area contributed by atoms with Crippen LogP contribution in [0.3, 0.4) is 0 Å². The van der Waals surface area contributed by atoms with Gasteiger partial charge in [-0.05, 0) is 47.9 Å². The summed E-state index contributed by atoms with van der Waals surface area (Å²) in [4.78, 5) is 29.2. The van der Waals surface area contributed by atoms with E-state index in [9.17, 15) is 17.6 Å². The summed E-state index contributed by atoms with van der Waals surface area (Å²) in [6.07, 6.45) is 6.37. The number of carbonyl (C=O) groups excluding carboxylic acids is 1. The molecular formula is C31H28FN7O3S. The predicted molar refractivity (Wildman–Crippen MR) is 164 cm³/mol. The van der Waals surface area contributed by atoms with Crippen molar-refractivity contribution in [2.45, 2.75) is 20.3 Å².